The summed E-state index contributed by atoms with van der Waals surface area (Å²) in [5.74, 6) is 0. The minimum atomic E-state index is -0.652. The van der Waals surface area contributed by atoms with Gasteiger partial charge in [-0.2, -0.15) is 0 Å². The summed E-state index contributed by atoms with van der Waals surface area (Å²) in [7, 11) is 0. The summed E-state index contributed by atoms with van der Waals surface area (Å²) >= 11 is 18.3. The topological polar surface area (TPSA) is 25.8 Å². The Morgan fingerprint density at radius 2 is 2.17 bits per heavy atom. The lowest BCUT2D eigenvalue weighted by Gasteiger charge is -2.02. The maximum Gasteiger partial charge on any atom is 0.161 e. The third-order valence-corrected chi connectivity index (χ3v) is 2.64. The quantitative estimate of drug-likeness (QED) is 0.589. The van der Waals surface area contributed by atoms with Gasteiger partial charge in [0, 0.05) is 0 Å². The van der Waals surface area contributed by atoms with Gasteiger partial charge in [0.05, 0.1) is 11.9 Å². The molecule has 0 saturated carbocycles. The standard InChI is InChI=1S/C6H5Cl3N2S/c1-12-6-5(9)10-2-3(11-6)4(7)8/h2,4H,1H3. The highest BCUT2D eigenvalue weighted by Gasteiger charge is 2.09. The van der Waals surface area contributed by atoms with E-state index < -0.39 is 4.84 Å². The van der Waals surface area contributed by atoms with Crippen LogP contribution in [0, 0.1) is 0 Å². The molecular formula is C6H5Cl3N2S. The molecule has 0 atom stereocenters. The van der Waals surface area contributed by atoms with E-state index in [1.807, 2.05) is 6.26 Å². The van der Waals surface area contributed by atoms with Crippen molar-refractivity contribution in [2.45, 2.75) is 9.86 Å². The first-order chi connectivity index (χ1) is 5.65. The molecule has 1 rings (SSSR count). The normalized spacial score (nSPS) is 10.8. The van der Waals surface area contributed by atoms with Gasteiger partial charge < -0.3 is 0 Å². The van der Waals surface area contributed by atoms with Crippen LogP contribution in [0.4, 0.5) is 0 Å². The van der Waals surface area contributed by atoms with E-state index in [9.17, 15) is 0 Å². The van der Waals surface area contributed by atoms with Gasteiger partial charge >= 0.3 is 0 Å². The van der Waals surface area contributed by atoms with E-state index in [0.717, 1.165) is 0 Å². The van der Waals surface area contributed by atoms with Crippen molar-refractivity contribution in [1.82, 2.24) is 9.97 Å². The first-order valence-electron chi connectivity index (χ1n) is 2.99. The van der Waals surface area contributed by atoms with Crippen LogP contribution in [-0.2, 0) is 0 Å². The van der Waals surface area contributed by atoms with Crippen LogP contribution in [0.25, 0.3) is 0 Å². The van der Waals surface area contributed by atoms with Crippen LogP contribution in [0.5, 0.6) is 0 Å². The van der Waals surface area contributed by atoms with Crippen molar-refractivity contribution in [3.63, 3.8) is 0 Å². The Bertz CT molecular complexity index is 279. The summed E-state index contributed by atoms with van der Waals surface area (Å²) in [4.78, 5) is 7.33. The zero-order chi connectivity index (χ0) is 9.14. The predicted molar refractivity (Wildman–Crippen MR) is 53.3 cm³/mol. The Kier molecular flexibility index (Phi) is 3.90. The van der Waals surface area contributed by atoms with Crippen LogP contribution in [-0.4, -0.2) is 16.2 Å². The summed E-state index contributed by atoms with van der Waals surface area (Å²) in [5.41, 5.74) is 0.520. The molecule has 0 aliphatic rings. The van der Waals surface area contributed by atoms with Crippen LogP contribution in [0.3, 0.4) is 0 Å². The molecule has 0 unspecified atom stereocenters. The van der Waals surface area contributed by atoms with Gasteiger partial charge in [-0.15, -0.1) is 11.8 Å². The second-order valence-corrected chi connectivity index (χ2v) is 4.14. The van der Waals surface area contributed by atoms with Crippen molar-refractivity contribution in [2.75, 3.05) is 6.26 Å². The maximum atomic E-state index is 5.72. The van der Waals surface area contributed by atoms with Gasteiger partial charge in [0.15, 0.2) is 9.99 Å². The van der Waals surface area contributed by atoms with E-state index in [2.05, 4.69) is 9.97 Å². The van der Waals surface area contributed by atoms with Crippen LogP contribution in [0.2, 0.25) is 5.15 Å². The van der Waals surface area contributed by atoms with Gasteiger partial charge in [-0.25, -0.2) is 9.97 Å². The van der Waals surface area contributed by atoms with Crippen LogP contribution in [0.1, 0.15) is 10.5 Å². The Morgan fingerprint density at radius 1 is 1.50 bits per heavy atom. The molecule has 0 bridgehead atoms. The van der Waals surface area contributed by atoms with Crippen LogP contribution >= 0.6 is 46.6 Å². The fraction of sp³-hybridized carbons (Fsp3) is 0.333. The first-order valence-corrected chi connectivity index (χ1v) is 5.47. The number of thioether (sulfide) groups is 1. The molecule has 66 valence electrons. The molecule has 0 amide bonds. The number of nitrogens with zero attached hydrogens (tertiary/aromatic N) is 2. The van der Waals surface area contributed by atoms with Gasteiger partial charge in [0.1, 0.15) is 5.03 Å². The van der Waals surface area contributed by atoms with Gasteiger partial charge in [-0.3, -0.25) is 0 Å². The number of rotatable bonds is 2. The minimum Gasteiger partial charge on any atom is -0.240 e. The van der Waals surface area contributed by atoms with Gasteiger partial charge in [-0.05, 0) is 6.26 Å². The zero-order valence-electron chi connectivity index (χ0n) is 6.09. The number of alkyl halides is 2. The smallest absolute Gasteiger partial charge is 0.161 e. The second kappa shape index (κ2) is 4.51. The van der Waals surface area contributed by atoms with Crippen LogP contribution < -0.4 is 0 Å². The monoisotopic (exact) mass is 242 g/mol. The first kappa shape index (κ1) is 10.4. The molecule has 6 heteroatoms. The van der Waals surface area contributed by atoms with E-state index in [1.54, 1.807) is 0 Å². The van der Waals surface area contributed by atoms with E-state index in [4.69, 9.17) is 34.8 Å². The molecule has 12 heavy (non-hydrogen) atoms. The highest BCUT2D eigenvalue weighted by Crippen LogP contribution is 2.27. The molecule has 1 aromatic heterocycles. The predicted octanol–water partition coefficient (Wildman–Crippen LogP) is 3.33. The number of hydrogen-bond acceptors (Lipinski definition) is 3. The van der Waals surface area contributed by atoms with Gasteiger partial charge in [0.25, 0.3) is 0 Å². The number of halogens is 3. The highest BCUT2D eigenvalue weighted by molar-refractivity contribution is 7.98. The SMILES string of the molecule is CSc1nc(C(Cl)Cl)cnc1Cl. The Morgan fingerprint density at radius 3 is 2.67 bits per heavy atom. The summed E-state index contributed by atoms with van der Waals surface area (Å²) in [5, 5.41) is 1.01. The second-order valence-electron chi connectivity index (χ2n) is 1.90. The number of hydrogen-bond donors (Lipinski definition) is 0. The van der Waals surface area contributed by atoms with Crippen molar-refractivity contribution in [2.24, 2.45) is 0 Å². The third kappa shape index (κ3) is 2.39. The third-order valence-electron chi connectivity index (χ3n) is 1.13. The molecular weight excluding hydrogens is 239 g/mol. The van der Waals surface area contributed by atoms with E-state index in [-0.39, 0.29) is 0 Å². The highest BCUT2D eigenvalue weighted by atomic mass is 35.5. The number of aromatic nitrogens is 2. The average molecular weight is 244 g/mol. The van der Waals surface area contributed by atoms with Crippen molar-refractivity contribution < 1.29 is 0 Å². The lowest BCUT2D eigenvalue weighted by atomic mass is 10.5. The Balaban J connectivity index is 3.05. The molecule has 0 spiro atoms. The van der Waals surface area contributed by atoms with Crippen molar-refractivity contribution >= 4 is 46.6 Å². The Hall–Kier alpha value is 0.300. The summed E-state index contributed by atoms with van der Waals surface area (Å²) in [6.45, 7) is 0. The lowest BCUT2D eigenvalue weighted by molar-refractivity contribution is 0.979. The molecule has 0 N–H and O–H groups in total. The maximum absolute atomic E-state index is 5.72. The largest absolute Gasteiger partial charge is 0.240 e. The molecule has 0 aliphatic heterocycles. The van der Waals surface area contributed by atoms with E-state index >= 15 is 0 Å². The summed E-state index contributed by atoms with van der Waals surface area (Å²) < 4.78 is 0. The molecule has 1 heterocycles. The van der Waals surface area contributed by atoms with Crippen LogP contribution in [0.15, 0.2) is 11.2 Å². The summed E-state index contributed by atoms with van der Waals surface area (Å²) in [6.07, 6.45) is 3.32. The molecule has 2 nitrogen and oxygen atoms in total. The molecule has 1 aromatic rings. The Labute approximate surface area is 89.6 Å². The summed E-state index contributed by atoms with van der Waals surface area (Å²) in [6, 6.07) is 0. The fourth-order valence-corrected chi connectivity index (χ4v) is 1.56. The molecule has 0 aromatic carbocycles. The van der Waals surface area contributed by atoms with Gasteiger partial charge in [0.2, 0.25) is 0 Å². The van der Waals surface area contributed by atoms with Crippen molar-refractivity contribution in [3.8, 4) is 0 Å². The molecule has 0 radical (unpaired) electrons. The van der Waals surface area contributed by atoms with E-state index in [0.29, 0.717) is 15.9 Å². The minimum absolute atomic E-state index is 0.375. The molecule has 0 aliphatic carbocycles. The average Bonchev–Trinajstić information content (AvgIpc) is 2.05. The van der Waals surface area contributed by atoms with E-state index in [1.165, 1.54) is 18.0 Å². The van der Waals surface area contributed by atoms with Gasteiger partial charge in [-0.1, -0.05) is 34.8 Å². The van der Waals surface area contributed by atoms with Crippen molar-refractivity contribution in [3.05, 3.63) is 17.0 Å². The van der Waals surface area contributed by atoms with Crippen molar-refractivity contribution in [1.29, 1.82) is 0 Å². The fourth-order valence-electron chi connectivity index (χ4n) is 0.605. The lowest BCUT2D eigenvalue weighted by Crippen LogP contribution is -1.93. The molecule has 0 fully saturated rings. The zero-order valence-corrected chi connectivity index (χ0v) is 9.18. The molecule has 0 saturated heterocycles.